The molecule has 0 saturated heterocycles. The van der Waals surface area contributed by atoms with Gasteiger partial charge in [-0.3, -0.25) is 0 Å². The maximum absolute atomic E-state index is 3.66. The number of fused-ring (bicyclic) bond motifs is 1. The average Bonchev–Trinajstić information content (AvgIpc) is 2.35. The second kappa shape index (κ2) is 5.74. The Balaban J connectivity index is 2.21. The van der Waals surface area contributed by atoms with E-state index in [0.29, 0.717) is 6.04 Å². The number of benzene rings is 1. The Hall–Kier alpha value is -0.470. The third-order valence-electron chi connectivity index (χ3n) is 3.18. The van der Waals surface area contributed by atoms with Crippen LogP contribution in [0.25, 0.3) is 0 Å². The third-order valence-corrected chi connectivity index (χ3v) is 4.26. The summed E-state index contributed by atoms with van der Waals surface area (Å²) >= 11 is 2.05. The van der Waals surface area contributed by atoms with Crippen LogP contribution in [0.4, 0.5) is 0 Å². The molecule has 0 fully saturated rings. The van der Waals surface area contributed by atoms with E-state index in [2.05, 4.69) is 37.4 Å². The smallest absolute Gasteiger partial charge is 0.0415 e. The van der Waals surface area contributed by atoms with Crippen LogP contribution in [-0.4, -0.2) is 12.3 Å². The zero-order valence-corrected chi connectivity index (χ0v) is 11.1. The zero-order valence-electron chi connectivity index (χ0n) is 10.3. The Bertz CT molecular complexity index is 349. The summed E-state index contributed by atoms with van der Waals surface area (Å²) in [4.78, 5) is 0. The maximum Gasteiger partial charge on any atom is 0.0415 e. The lowest BCUT2D eigenvalue weighted by molar-refractivity contribution is 0.570. The summed E-state index contributed by atoms with van der Waals surface area (Å²) in [5, 5.41) is 3.66. The van der Waals surface area contributed by atoms with E-state index in [-0.39, 0.29) is 0 Å². The molecule has 2 heteroatoms. The van der Waals surface area contributed by atoms with Crippen molar-refractivity contribution in [1.29, 1.82) is 0 Å². The fourth-order valence-electron chi connectivity index (χ4n) is 2.18. The van der Waals surface area contributed by atoms with E-state index < -0.39 is 0 Å². The number of hydrogen-bond donors (Lipinski definition) is 1. The van der Waals surface area contributed by atoms with E-state index in [4.69, 9.17) is 0 Å². The summed E-state index contributed by atoms with van der Waals surface area (Å²) in [7, 11) is 0. The number of thioether (sulfide) groups is 1. The SMILES string of the molecule is CCCNC1CSCc2ccc(CC)cc21. The highest BCUT2D eigenvalue weighted by molar-refractivity contribution is 7.98. The molecule has 16 heavy (non-hydrogen) atoms. The monoisotopic (exact) mass is 235 g/mol. The summed E-state index contributed by atoms with van der Waals surface area (Å²) in [6.45, 7) is 5.58. The molecule has 1 aliphatic rings. The molecule has 1 nitrogen and oxygen atoms in total. The highest BCUT2D eigenvalue weighted by Gasteiger charge is 2.19. The first kappa shape index (κ1) is 12.0. The molecule has 1 unspecified atom stereocenters. The fraction of sp³-hybridized carbons (Fsp3) is 0.571. The van der Waals surface area contributed by atoms with Crippen LogP contribution in [0, 0.1) is 0 Å². The van der Waals surface area contributed by atoms with Crippen molar-refractivity contribution in [3.63, 3.8) is 0 Å². The molecule has 0 bridgehead atoms. The van der Waals surface area contributed by atoms with Gasteiger partial charge in [-0.2, -0.15) is 11.8 Å². The van der Waals surface area contributed by atoms with Crippen molar-refractivity contribution in [2.24, 2.45) is 0 Å². The van der Waals surface area contributed by atoms with Crippen molar-refractivity contribution in [3.8, 4) is 0 Å². The Labute approximate surface area is 103 Å². The summed E-state index contributed by atoms with van der Waals surface area (Å²) in [6.07, 6.45) is 2.35. The van der Waals surface area contributed by atoms with Crippen LogP contribution in [-0.2, 0) is 12.2 Å². The van der Waals surface area contributed by atoms with E-state index in [0.717, 1.165) is 13.0 Å². The molecular formula is C14H21NS. The Morgan fingerprint density at radius 3 is 3.00 bits per heavy atom. The van der Waals surface area contributed by atoms with E-state index in [1.165, 1.54) is 29.1 Å². The molecule has 1 aromatic rings. The molecule has 0 spiro atoms. The van der Waals surface area contributed by atoms with E-state index in [1.807, 2.05) is 11.8 Å². The predicted octanol–water partition coefficient (Wildman–Crippen LogP) is 3.54. The standard InChI is InChI=1S/C14H21NS/c1-3-7-15-14-10-16-9-12-6-5-11(4-2)8-13(12)14/h5-6,8,14-15H,3-4,7,9-10H2,1-2H3. The Kier molecular flexibility index (Phi) is 4.30. The first-order chi connectivity index (χ1) is 7.85. The van der Waals surface area contributed by atoms with Crippen LogP contribution >= 0.6 is 11.8 Å². The largest absolute Gasteiger partial charge is 0.309 e. The van der Waals surface area contributed by atoms with Gasteiger partial charge in [0.05, 0.1) is 0 Å². The van der Waals surface area contributed by atoms with Gasteiger partial charge in [0.15, 0.2) is 0 Å². The fourth-order valence-corrected chi connectivity index (χ4v) is 3.32. The van der Waals surface area contributed by atoms with Crippen molar-refractivity contribution in [2.75, 3.05) is 12.3 Å². The van der Waals surface area contributed by atoms with Crippen LogP contribution < -0.4 is 5.32 Å². The summed E-state index contributed by atoms with van der Waals surface area (Å²) in [5.41, 5.74) is 4.54. The van der Waals surface area contributed by atoms with Gasteiger partial charge in [0.25, 0.3) is 0 Å². The van der Waals surface area contributed by atoms with Gasteiger partial charge in [-0.1, -0.05) is 32.0 Å². The van der Waals surface area contributed by atoms with Crippen molar-refractivity contribution in [2.45, 2.75) is 38.5 Å². The minimum absolute atomic E-state index is 0.570. The number of hydrogen-bond acceptors (Lipinski definition) is 2. The van der Waals surface area contributed by atoms with Crippen molar-refractivity contribution >= 4 is 11.8 Å². The highest BCUT2D eigenvalue weighted by Crippen LogP contribution is 2.32. The van der Waals surface area contributed by atoms with Crippen molar-refractivity contribution in [1.82, 2.24) is 5.32 Å². The molecule has 1 atom stereocenters. The van der Waals surface area contributed by atoms with Gasteiger partial charge in [-0.15, -0.1) is 0 Å². The van der Waals surface area contributed by atoms with Gasteiger partial charge in [0.1, 0.15) is 0 Å². The second-order valence-electron chi connectivity index (χ2n) is 4.41. The molecule has 0 amide bonds. The maximum atomic E-state index is 3.66. The lowest BCUT2D eigenvalue weighted by atomic mass is 9.98. The molecule has 1 aliphatic heterocycles. The summed E-state index contributed by atoms with van der Waals surface area (Å²) in [6, 6.07) is 7.57. The van der Waals surface area contributed by atoms with E-state index in [1.54, 1.807) is 5.56 Å². The lowest BCUT2D eigenvalue weighted by Crippen LogP contribution is -2.27. The van der Waals surface area contributed by atoms with Crippen molar-refractivity contribution in [3.05, 3.63) is 34.9 Å². The molecular weight excluding hydrogens is 214 g/mol. The van der Waals surface area contributed by atoms with Crippen molar-refractivity contribution < 1.29 is 0 Å². The highest BCUT2D eigenvalue weighted by atomic mass is 32.2. The topological polar surface area (TPSA) is 12.0 Å². The minimum Gasteiger partial charge on any atom is -0.309 e. The molecule has 0 radical (unpaired) electrons. The molecule has 88 valence electrons. The van der Waals surface area contributed by atoms with Gasteiger partial charge in [0, 0.05) is 17.5 Å². The van der Waals surface area contributed by atoms with Gasteiger partial charge >= 0.3 is 0 Å². The minimum atomic E-state index is 0.570. The predicted molar refractivity (Wildman–Crippen MR) is 73.0 cm³/mol. The second-order valence-corrected chi connectivity index (χ2v) is 5.44. The zero-order chi connectivity index (χ0) is 11.4. The third kappa shape index (κ3) is 2.61. The molecule has 0 saturated carbocycles. The Morgan fingerprint density at radius 1 is 1.38 bits per heavy atom. The van der Waals surface area contributed by atoms with Gasteiger partial charge < -0.3 is 5.32 Å². The molecule has 0 aromatic heterocycles. The van der Waals surface area contributed by atoms with E-state index >= 15 is 0 Å². The summed E-state index contributed by atoms with van der Waals surface area (Å²) in [5.74, 6) is 2.41. The number of aryl methyl sites for hydroxylation is 1. The van der Waals surface area contributed by atoms with Crippen LogP contribution in [0.5, 0.6) is 0 Å². The van der Waals surface area contributed by atoms with E-state index in [9.17, 15) is 0 Å². The molecule has 1 N–H and O–H groups in total. The van der Waals surface area contributed by atoms with Crippen LogP contribution in [0.3, 0.4) is 0 Å². The lowest BCUT2D eigenvalue weighted by Gasteiger charge is -2.26. The quantitative estimate of drug-likeness (QED) is 0.856. The molecule has 0 aliphatic carbocycles. The van der Waals surface area contributed by atoms with Crippen LogP contribution in [0.1, 0.15) is 43.0 Å². The van der Waals surface area contributed by atoms with Crippen LogP contribution in [0.15, 0.2) is 18.2 Å². The normalized spacial score (nSPS) is 19.5. The number of nitrogens with one attached hydrogen (secondary N) is 1. The summed E-state index contributed by atoms with van der Waals surface area (Å²) < 4.78 is 0. The molecule has 2 rings (SSSR count). The first-order valence-corrected chi connectivity index (χ1v) is 7.43. The first-order valence-electron chi connectivity index (χ1n) is 6.28. The molecule has 1 heterocycles. The average molecular weight is 235 g/mol. The van der Waals surface area contributed by atoms with Gasteiger partial charge in [-0.25, -0.2) is 0 Å². The Morgan fingerprint density at radius 2 is 2.25 bits per heavy atom. The van der Waals surface area contributed by atoms with Gasteiger partial charge in [-0.05, 0) is 36.1 Å². The molecule has 1 aromatic carbocycles. The van der Waals surface area contributed by atoms with Gasteiger partial charge in [0.2, 0.25) is 0 Å². The number of rotatable bonds is 4. The van der Waals surface area contributed by atoms with Crippen LogP contribution in [0.2, 0.25) is 0 Å².